The van der Waals surface area contributed by atoms with Crippen molar-refractivity contribution in [3.05, 3.63) is 41.8 Å². The van der Waals surface area contributed by atoms with Crippen LogP contribution in [0.4, 0.5) is 18.0 Å². The number of aromatic nitrogens is 2. The Kier molecular flexibility index (Phi) is 12.4. The molecule has 3 N–H and O–H groups in total. The highest BCUT2D eigenvalue weighted by Crippen LogP contribution is 2.23. The van der Waals surface area contributed by atoms with Gasteiger partial charge in [-0.15, -0.1) is 0 Å². The summed E-state index contributed by atoms with van der Waals surface area (Å²) in [6.45, 7) is 0.860. The summed E-state index contributed by atoms with van der Waals surface area (Å²) in [5.41, 5.74) is -0.281. The number of carbonyl (C=O) groups excluding carboxylic acids is 5. The average molecular weight is 696 g/mol. The van der Waals surface area contributed by atoms with Crippen LogP contribution < -0.4 is 15.4 Å². The highest BCUT2D eigenvalue weighted by Gasteiger charge is 2.35. The number of aliphatic carboxylic acids is 1. The molecule has 3 heterocycles. The van der Waals surface area contributed by atoms with Gasteiger partial charge in [-0.1, -0.05) is 6.07 Å². The normalized spacial score (nSPS) is 16.7. The van der Waals surface area contributed by atoms with E-state index in [2.05, 4.69) is 15.7 Å². The Labute approximate surface area is 278 Å². The SMILES string of the molecule is CCOC(=O)N1CCN(C(=O)C(CC(=O)O)NC(=O)c2cc(OCC(=O)N3CCCC3C(=O)NCC(F)F)n(-c3cccc(F)c3)n2)CC1. The first-order chi connectivity index (χ1) is 23.4. The van der Waals surface area contributed by atoms with E-state index in [1.54, 1.807) is 6.92 Å². The van der Waals surface area contributed by atoms with Crippen molar-refractivity contribution in [3.63, 3.8) is 0 Å². The van der Waals surface area contributed by atoms with Gasteiger partial charge in [0.2, 0.25) is 17.7 Å². The second-order valence-corrected chi connectivity index (χ2v) is 11.1. The molecule has 2 unspecified atom stereocenters. The van der Waals surface area contributed by atoms with E-state index in [1.807, 2.05) is 0 Å². The van der Waals surface area contributed by atoms with Crippen molar-refractivity contribution in [2.24, 2.45) is 0 Å². The Bertz CT molecular complexity index is 1550. The zero-order valence-corrected chi connectivity index (χ0v) is 26.5. The van der Waals surface area contributed by atoms with Crippen LogP contribution in [0.1, 0.15) is 36.7 Å². The summed E-state index contributed by atoms with van der Waals surface area (Å²) in [6.07, 6.45) is -3.38. The lowest BCUT2D eigenvalue weighted by Gasteiger charge is -2.35. The van der Waals surface area contributed by atoms with Crippen LogP contribution in [-0.2, 0) is 23.9 Å². The highest BCUT2D eigenvalue weighted by atomic mass is 19.3. The van der Waals surface area contributed by atoms with Crippen LogP contribution in [0.5, 0.6) is 5.88 Å². The Hall–Kier alpha value is -5.36. The van der Waals surface area contributed by atoms with Gasteiger partial charge < -0.3 is 39.9 Å². The number of nitrogens with one attached hydrogen (secondary N) is 2. The number of alkyl halides is 2. The maximum Gasteiger partial charge on any atom is 0.409 e. The summed E-state index contributed by atoms with van der Waals surface area (Å²) in [4.78, 5) is 79.6. The van der Waals surface area contributed by atoms with Crippen LogP contribution in [-0.4, -0.2) is 136 Å². The molecule has 1 aromatic heterocycles. The van der Waals surface area contributed by atoms with Crippen molar-refractivity contribution in [1.82, 2.24) is 35.1 Å². The third-order valence-electron chi connectivity index (χ3n) is 7.71. The molecule has 0 saturated carbocycles. The molecule has 0 radical (unpaired) electrons. The van der Waals surface area contributed by atoms with Gasteiger partial charge in [-0.3, -0.25) is 24.0 Å². The maximum absolute atomic E-state index is 14.1. The van der Waals surface area contributed by atoms with Crippen molar-refractivity contribution in [3.8, 4) is 11.6 Å². The van der Waals surface area contributed by atoms with E-state index in [0.717, 1.165) is 22.9 Å². The van der Waals surface area contributed by atoms with Gasteiger partial charge in [0.25, 0.3) is 18.2 Å². The molecule has 2 aromatic rings. The van der Waals surface area contributed by atoms with Gasteiger partial charge in [0, 0.05) is 38.8 Å². The summed E-state index contributed by atoms with van der Waals surface area (Å²) >= 11 is 0. The second-order valence-electron chi connectivity index (χ2n) is 11.1. The van der Waals surface area contributed by atoms with Crippen molar-refractivity contribution < 1.29 is 56.5 Å². The number of likely N-dealkylation sites (tertiary alicyclic amines) is 1. The van der Waals surface area contributed by atoms with E-state index in [1.165, 1.54) is 26.8 Å². The van der Waals surface area contributed by atoms with E-state index in [9.17, 15) is 47.0 Å². The van der Waals surface area contributed by atoms with Gasteiger partial charge in [0.1, 0.15) is 17.9 Å². The standard InChI is InChI=1S/C30H36F3N7O9/c1-2-48-30(47)38-11-9-37(10-12-38)29(46)21(15-26(42)43)35-27(44)20-14-25(40(36-20)19-6-3-5-18(31)13-19)49-17-24(41)39-8-4-7-22(39)28(45)34-16-23(32)33/h3,5-6,13-14,21-23H,2,4,7-12,15-17H2,1H3,(H,34,45)(H,35,44)(H,42,43). The van der Waals surface area contributed by atoms with Crippen LogP contribution in [0, 0.1) is 5.82 Å². The predicted octanol–water partition coefficient (Wildman–Crippen LogP) is 0.636. The Balaban J connectivity index is 1.49. The minimum Gasteiger partial charge on any atom is -0.481 e. The first-order valence-electron chi connectivity index (χ1n) is 15.4. The van der Waals surface area contributed by atoms with Crippen LogP contribution in [0.3, 0.4) is 0 Å². The van der Waals surface area contributed by atoms with E-state index in [0.29, 0.717) is 6.42 Å². The van der Waals surface area contributed by atoms with Crippen molar-refractivity contribution >= 4 is 35.7 Å². The summed E-state index contributed by atoms with van der Waals surface area (Å²) in [5.74, 6) is -5.33. The fraction of sp³-hybridized carbons (Fsp3) is 0.500. The number of carboxylic acid groups (broad SMARTS) is 1. The molecule has 2 aliphatic heterocycles. The molecule has 19 heteroatoms. The molecular formula is C30H36F3N7O9. The number of piperazine rings is 1. The third-order valence-corrected chi connectivity index (χ3v) is 7.71. The first kappa shape index (κ1) is 36.5. The molecule has 0 spiro atoms. The largest absolute Gasteiger partial charge is 0.481 e. The van der Waals surface area contributed by atoms with Gasteiger partial charge in [-0.05, 0) is 38.0 Å². The Morgan fingerprint density at radius 2 is 1.76 bits per heavy atom. The fourth-order valence-corrected chi connectivity index (χ4v) is 5.37. The minimum absolute atomic E-state index is 0.0651. The van der Waals surface area contributed by atoms with Gasteiger partial charge in [-0.2, -0.15) is 5.10 Å². The molecular weight excluding hydrogens is 659 g/mol. The maximum atomic E-state index is 14.1. The number of hydrogen-bond acceptors (Lipinski definition) is 9. The molecule has 4 rings (SSSR count). The minimum atomic E-state index is -2.77. The second kappa shape index (κ2) is 16.6. The van der Waals surface area contributed by atoms with E-state index < -0.39 is 79.6 Å². The van der Waals surface area contributed by atoms with Crippen molar-refractivity contribution in [2.75, 3.05) is 52.5 Å². The fourth-order valence-electron chi connectivity index (χ4n) is 5.37. The molecule has 16 nitrogen and oxygen atoms in total. The van der Waals surface area contributed by atoms with Gasteiger partial charge in [0.15, 0.2) is 12.3 Å². The van der Waals surface area contributed by atoms with Gasteiger partial charge in [0.05, 0.1) is 25.3 Å². The molecule has 0 bridgehead atoms. The molecule has 49 heavy (non-hydrogen) atoms. The van der Waals surface area contributed by atoms with Crippen LogP contribution >= 0.6 is 0 Å². The number of amides is 5. The first-order valence-corrected chi connectivity index (χ1v) is 15.4. The monoisotopic (exact) mass is 695 g/mol. The number of halogens is 3. The molecule has 2 aliphatic rings. The Morgan fingerprint density at radius 3 is 2.41 bits per heavy atom. The lowest BCUT2D eigenvalue weighted by Crippen LogP contribution is -2.56. The van der Waals surface area contributed by atoms with Crippen molar-refractivity contribution in [1.29, 1.82) is 0 Å². The summed E-state index contributed by atoms with van der Waals surface area (Å²) in [7, 11) is 0. The third kappa shape index (κ3) is 9.60. The molecule has 5 amide bonds. The van der Waals surface area contributed by atoms with Gasteiger partial charge in [-0.25, -0.2) is 22.6 Å². The number of carboxylic acids is 1. The van der Waals surface area contributed by atoms with E-state index in [-0.39, 0.29) is 63.0 Å². The van der Waals surface area contributed by atoms with Crippen LogP contribution in [0.25, 0.3) is 5.69 Å². The quantitative estimate of drug-likeness (QED) is 0.268. The van der Waals surface area contributed by atoms with Crippen LogP contribution in [0.2, 0.25) is 0 Å². The topological polar surface area (TPSA) is 193 Å². The number of rotatable bonds is 13. The molecule has 266 valence electrons. The molecule has 2 fully saturated rings. The number of hydrogen-bond donors (Lipinski definition) is 3. The summed E-state index contributed by atoms with van der Waals surface area (Å²) < 4.78 is 50.9. The molecule has 1 aromatic carbocycles. The molecule has 2 saturated heterocycles. The van der Waals surface area contributed by atoms with Crippen molar-refractivity contribution in [2.45, 2.75) is 44.7 Å². The lowest BCUT2D eigenvalue weighted by molar-refractivity contribution is -0.143. The summed E-state index contributed by atoms with van der Waals surface area (Å²) in [5, 5.41) is 18.1. The van der Waals surface area contributed by atoms with Gasteiger partial charge >= 0.3 is 12.1 Å². The molecule has 2 atom stereocenters. The lowest BCUT2D eigenvalue weighted by atomic mass is 10.1. The smallest absolute Gasteiger partial charge is 0.409 e. The summed E-state index contributed by atoms with van der Waals surface area (Å²) in [6, 6.07) is 3.62. The predicted molar refractivity (Wildman–Crippen MR) is 161 cm³/mol. The zero-order chi connectivity index (χ0) is 35.7. The number of benzene rings is 1. The van der Waals surface area contributed by atoms with E-state index >= 15 is 0 Å². The molecule has 0 aliphatic carbocycles. The average Bonchev–Trinajstić information content (AvgIpc) is 3.74. The number of ether oxygens (including phenoxy) is 2. The zero-order valence-electron chi connectivity index (χ0n) is 26.5. The van der Waals surface area contributed by atoms with E-state index in [4.69, 9.17) is 9.47 Å². The number of nitrogens with zero attached hydrogens (tertiary/aromatic N) is 5. The Morgan fingerprint density at radius 1 is 1.04 bits per heavy atom. The highest BCUT2D eigenvalue weighted by molar-refractivity contribution is 5.97. The number of carbonyl (C=O) groups is 6. The van der Waals surface area contributed by atoms with Crippen LogP contribution in [0.15, 0.2) is 30.3 Å².